The fourth-order valence-corrected chi connectivity index (χ4v) is 3.90. The Balaban J connectivity index is 2.13. The lowest BCUT2D eigenvalue weighted by Gasteiger charge is -2.37. The Morgan fingerprint density at radius 1 is 1.26 bits per heavy atom. The average molecular weight is 562 g/mol. The highest BCUT2D eigenvalue weighted by molar-refractivity contribution is 9.10. The molecule has 0 spiro atoms. The number of carboxylic acids is 2. The van der Waals surface area contributed by atoms with Gasteiger partial charge >= 0.3 is 19.1 Å². The van der Waals surface area contributed by atoms with Crippen LogP contribution in [0.25, 0.3) is 0 Å². The van der Waals surface area contributed by atoms with Crippen LogP contribution in [0.15, 0.2) is 22.7 Å². The van der Waals surface area contributed by atoms with Gasteiger partial charge in [0.1, 0.15) is 0 Å². The molecule has 1 heterocycles. The van der Waals surface area contributed by atoms with Gasteiger partial charge < -0.3 is 30.2 Å². The number of nitrogens with one attached hydrogen (secondary N) is 2. The van der Waals surface area contributed by atoms with E-state index in [0.29, 0.717) is 4.47 Å². The van der Waals surface area contributed by atoms with Crippen molar-refractivity contribution < 1.29 is 43.5 Å². The number of halogens is 2. The van der Waals surface area contributed by atoms with E-state index in [9.17, 15) is 29.1 Å². The smallest absolute Gasteiger partial charge is 0.508 e. The van der Waals surface area contributed by atoms with E-state index in [4.69, 9.17) is 26.0 Å². The second-order valence-electron chi connectivity index (χ2n) is 8.13. The van der Waals surface area contributed by atoms with E-state index in [0.717, 1.165) is 0 Å². The summed E-state index contributed by atoms with van der Waals surface area (Å²) in [6.07, 6.45) is -1.56. The van der Waals surface area contributed by atoms with Gasteiger partial charge in [-0.1, -0.05) is 41.4 Å². The molecule has 1 aliphatic rings. The average Bonchev–Trinajstić information content (AvgIpc) is 2.71. The van der Waals surface area contributed by atoms with Gasteiger partial charge in [-0.25, -0.2) is 4.79 Å². The van der Waals surface area contributed by atoms with Gasteiger partial charge in [-0.2, -0.15) is 0 Å². The minimum Gasteiger partial charge on any atom is -0.508 e. The third-order valence-electron chi connectivity index (χ3n) is 4.83. The minimum atomic E-state index is -2.34. The summed E-state index contributed by atoms with van der Waals surface area (Å²) in [6.45, 7) is 3.15. The zero-order valence-corrected chi connectivity index (χ0v) is 20.6. The van der Waals surface area contributed by atoms with Gasteiger partial charge in [-0.15, -0.1) is 0 Å². The first-order valence-electron chi connectivity index (χ1n) is 10.2. The van der Waals surface area contributed by atoms with Crippen LogP contribution >= 0.6 is 27.5 Å². The Morgan fingerprint density at radius 3 is 2.53 bits per heavy atom. The van der Waals surface area contributed by atoms with Crippen molar-refractivity contribution in [1.29, 1.82) is 0 Å². The lowest BCUT2D eigenvalue weighted by atomic mass is 9.70. The molecule has 4 N–H and O–H groups in total. The molecule has 2 atom stereocenters. The second-order valence-corrected chi connectivity index (χ2v) is 9.46. The van der Waals surface area contributed by atoms with Crippen molar-refractivity contribution >= 4 is 64.4 Å². The van der Waals surface area contributed by atoms with Gasteiger partial charge in [0.25, 0.3) is 11.9 Å². The molecule has 0 aromatic heterocycles. The van der Waals surface area contributed by atoms with Crippen LogP contribution in [-0.2, 0) is 28.5 Å². The molecule has 2 rings (SSSR count). The van der Waals surface area contributed by atoms with Crippen molar-refractivity contribution in [2.75, 3.05) is 6.54 Å². The van der Waals surface area contributed by atoms with E-state index in [1.165, 1.54) is 12.1 Å². The molecule has 14 heteroatoms. The van der Waals surface area contributed by atoms with Crippen LogP contribution in [-0.4, -0.2) is 65.1 Å². The minimum absolute atomic E-state index is 0.0525. The summed E-state index contributed by atoms with van der Waals surface area (Å²) in [7, 11) is -1.54. The summed E-state index contributed by atoms with van der Waals surface area (Å²) < 4.78 is 11.2. The van der Waals surface area contributed by atoms with Crippen LogP contribution in [0.1, 0.15) is 43.5 Å². The van der Waals surface area contributed by atoms with Gasteiger partial charge in [-0.05, 0) is 30.5 Å². The Bertz CT molecular complexity index is 989. The van der Waals surface area contributed by atoms with Crippen molar-refractivity contribution in [3.05, 3.63) is 33.3 Å². The number of carboxylic acid groups (broad SMARTS) is 2. The Hall–Kier alpha value is -2.64. The fourth-order valence-electron chi connectivity index (χ4n) is 3.34. The highest BCUT2D eigenvalue weighted by Crippen LogP contribution is 2.30. The van der Waals surface area contributed by atoms with Crippen molar-refractivity contribution in [2.45, 2.75) is 44.7 Å². The summed E-state index contributed by atoms with van der Waals surface area (Å²) in [5, 5.41) is 23.9. The molecule has 0 bridgehead atoms. The van der Waals surface area contributed by atoms with E-state index in [-0.39, 0.29) is 22.9 Å². The van der Waals surface area contributed by atoms with Crippen molar-refractivity contribution in [3.8, 4) is 0 Å². The monoisotopic (exact) mass is 560 g/mol. The van der Waals surface area contributed by atoms with E-state index in [2.05, 4.69) is 26.6 Å². The van der Waals surface area contributed by atoms with E-state index in [1.807, 2.05) is 13.8 Å². The summed E-state index contributed by atoms with van der Waals surface area (Å²) >= 11 is 9.25. The van der Waals surface area contributed by atoms with Crippen LogP contribution in [0.4, 0.5) is 0 Å². The van der Waals surface area contributed by atoms with Crippen LogP contribution < -0.4 is 10.6 Å². The molecular formula is C20H23BBrClN2O9. The third-order valence-corrected chi connectivity index (χ3v) is 5.65. The molecule has 184 valence electrons. The molecule has 1 aromatic rings. The highest BCUT2D eigenvalue weighted by Gasteiger charge is 2.54. The maximum atomic E-state index is 12.5. The van der Waals surface area contributed by atoms with Crippen molar-refractivity contribution in [1.82, 2.24) is 10.6 Å². The first kappa shape index (κ1) is 27.6. The molecule has 1 saturated heterocycles. The molecule has 0 radical (unpaired) electrons. The maximum absolute atomic E-state index is 12.5. The normalized spacial score (nSPS) is 18.7. The number of amides is 2. The lowest BCUT2D eigenvalue weighted by molar-refractivity contribution is -0.175. The summed E-state index contributed by atoms with van der Waals surface area (Å²) in [5.41, 5.74) is -2.19. The molecule has 11 nitrogen and oxygen atoms in total. The van der Waals surface area contributed by atoms with Crippen LogP contribution in [0.2, 0.25) is 5.02 Å². The van der Waals surface area contributed by atoms with Crippen molar-refractivity contribution in [2.24, 2.45) is 5.92 Å². The highest BCUT2D eigenvalue weighted by atomic mass is 79.9. The van der Waals surface area contributed by atoms with E-state index >= 15 is 0 Å². The predicted octanol–water partition coefficient (Wildman–Crippen LogP) is 1.65. The van der Waals surface area contributed by atoms with Crippen molar-refractivity contribution in [3.63, 3.8) is 0 Å². The Labute approximate surface area is 208 Å². The van der Waals surface area contributed by atoms with E-state index < -0.39 is 67.8 Å². The van der Waals surface area contributed by atoms with Crippen LogP contribution in [0, 0.1) is 5.92 Å². The van der Waals surface area contributed by atoms with Gasteiger partial charge in [0.15, 0.2) is 5.60 Å². The third kappa shape index (κ3) is 7.44. The molecule has 1 aliphatic heterocycles. The SMILES string of the molecule is CC(C)C[C@H](NC(=O)CNC(=O)c1cc(Br)ccc1Cl)B1OC(=O)CC(CC(=O)O)(C(=O)O)O1. The van der Waals surface area contributed by atoms with Crippen LogP contribution in [0.5, 0.6) is 0 Å². The van der Waals surface area contributed by atoms with E-state index in [1.54, 1.807) is 6.07 Å². The number of benzene rings is 1. The zero-order valence-electron chi connectivity index (χ0n) is 18.3. The number of hydrogen-bond donors (Lipinski definition) is 4. The molecule has 2 amide bonds. The van der Waals surface area contributed by atoms with Gasteiger partial charge in [-0.3, -0.25) is 19.2 Å². The number of carbonyl (C=O) groups is 5. The predicted molar refractivity (Wildman–Crippen MR) is 123 cm³/mol. The summed E-state index contributed by atoms with van der Waals surface area (Å²) in [5.74, 6) is -6.42. The molecule has 1 fully saturated rings. The fraction of sp³-hybridized carbons (Fsp3) is 0.450. The second kappa shape index (κ2) is 11.7. The number of aliphatic carboxylic acids is 2. The Morgan fingerprint density at radius 2 is 1.94 bits per heavy atom. The van der Waals surface area contributed by atoms with Gasteiger partial charge in [0, 0.05) is 4.47 Å². The molecule has 34 heavy (non-hydrogen) atoms. The number of carbonyl (C=O) groups excluding carboxylic acids is 3. The molecule has 0 aliphatic carbocycles. The topological polar surface area (TPSA) is 168 Å². The molecule has 0 saturated carbocycles. The summed E-state index contributed by atoms with van der Waals surface area (Å²) in [4.78, 5) is 60.1. The van der Waals surface area contributed by atoms with Gasteiger partial charge in [0.05, 0.1) is 35.9 Å². The number of hydrogen-bond acceptors (Lipinski definition) is 7. The first-order valence-corrected chi connectivity index (χ1v) is 11.3. The quantitative estimate of drug-likeness (QED) is 0.310. The maximum Gasteiger partial charge on any atom is 0.552 e. The Kier molecular flexibility index (Phi) is 9.48. The van der Waals surface area contributed by atoms with Gasteiger partial charge in [0.2, 0.25) is 5.91 Å². The lowest BCUT2D eigenvalue weighted by Crippen LogP contribution is -2.61. The summed E-state index contributed by atoms with van der Waals surface area (Å²) in [6, 6.07) is 4.65. The number of rotatable bonds is 10. The zero-order chi connectivity index (χ0) is 25.6. The standard InChI is InChI=1S/C20H23BBrClN2O9/c1-10(2)5-14(21-33-17(29)8-20(34-21,19(31)32)7-16(27)28)25-15(26)9-24-18(30)12-6-11(22)3-4-13(12)23/h3-4,6,10,14H,5,7-9H2,1-2H3,(H,24,30)(H,25,26)(H,27,28)(H,31,32)/t14-,20?/m0/s1. The van der Waals surface area contributed by atoms with Crippen LogP contribution in [0.3, 0.4) is 0 Å². The molecule has 1 aromatic carbocycles. The molecular weight excluding hydrogens is 538 g/mol. The molecule has 1 unspecified atom stereocenters. The first-order chi connectivity index (χ1) is 15.8. The largest absolute Gasteiger partial charge is 0.552 e.